The summed E-state index contributed by atoms with van der Waals surface area (Å²) in [6.45, 7) is 15.3. The number of aliphatic hydroxyl groups excluding tert-OH is 1. The largest absolute Gasteiger partial charge is 0.391 e. The van der Waals surface area contributed by atoms with Crippen molar-refractivity contribution in [3.8, 4) is 0 Å². The fourth-order valence-corrected chi connectivity index (χ4v) is 11.7. The van der Waals surface area contributed by atoms with Crippen LogP contribution in [0.2, 0.25) is 0 Å². The number of rotatable bonds is 17. The lowest BCUT2D eigenvalue weighted by atomic mass is 9.74. The summed E-state index contributed by atoms with van der Waals surface area (Å²) >= 11 is 0. The van der Waals surface area contributed by atoms with Crippen molar-refractivity contribution in [2.45, 2.75) is 76.5 Å². The number of benzene rings is 4. The minimum Gasteiger partial charge on any atom is -0.391 e. The number of anilines is 9. The number of aromatic nitrogens is 10. The van der Waals surface area contributed by atoms with Gasteiger partial charge in [-0.15, -0.1) is 0 Å². The summed E-state index contributed by atoms with van der Waals surface area (Å²) in [5.41, 5.74) is 8.32. The molecule has 20 nitrogen and oxygen atoms in total. The quantitative estimate of drug-likeness (QED) is 0.0722. The van der Waals surface area contributed by atoms with Crippen LogP contribution >= 0.6 is 0 Å². The Labute approximate surface area is 479 Å². The molecule has 4 aliphatic heterocycles. The third kappa shape index (κ3) is 13.0. The average Bonchev–Trinajstić information content (AvgIpc) is 3.70. The Balaban J connectivity index is 0.753. The number of piperidine rings is 1. The van der Waals surface area contributed by atoms with E-state index in [4.69, 9.17) is 39.9 Å². The van der Waals surface area contributed by atoms with Gasteiger partial charge in [0, 0.05) is 145 Å². The van der Waals surface area contributed by atoms with Gasteiger partial charge in [-0.2, -0.15) is 19.9 Å². The second kappa shape index (κ2) is 23.9. The molecule has 0 amide bonds. The Bertz CT molecular complexity index is 3390. The molecule has 8 aromatic rings. The average molecular weight is 1100 g/mol. The summed E-state index contributed by atoms with van der Waals surface area (Å²) in [5, 5.41) is 27.8. The number of nitrogens with one attached hydrogen (secondary N) is 2. The van der Waals surface area contributed by atoms with Gasteiger partial charge in [0.2, 0.25) is 35.7 Å². The van der Waals surface area contributed by atoms with Crippen molar-refractivity contribution in [3.05, 3.63) is 173 Å². The Kier molecular flexibility index (Phi) is 15.8. The van der Waals surface area contributed by atoms with Crippen molar-refractivity contribution in [2.24, 2.45) is 0 Å². The minimum absolute atomic E-state index is 0.287. The molecule has 20 heteroatoms. The van der Waals surface area contributed by atoms with Gasteiger partial charge in [-0.05, 0) is 103 Å². The smallest absolute Gasteiger partial charge is 0.232 e. The first-order valence-electron chi connectivity index (χ1n) is 28.7. The van der Waals surface area contributed by atoms with E-state index in [1.807, 2.05) is 62.9 Å². The number of fused-ring (bicyclic) bond motifs is 1. The summed E-state index contributed by atoms with van der Waals surface area (Å²) in [6.07, 6.45) is 13.0. The third-order valence-electron chi connectivity index (χ3n) is 16.1. The van der Waals surface area contributed by atoms with Crippen LogP contribution in [0.1, 0.15) is 72.8 Å². The van der Waals surface area contributed by atoms with E-state index >= 15 is 0 Å². The molecule has 8 heterocycles. The maximum Gasteiger partial charge on any atom is 0.232 e. The fraction of sp³-hybridized carbons (Fsp3) is 0.387. The summed E-state index contributed by atoms with van der Waals surface area (Å²) in [6, 6.07) is 35.5. The molecule has 4 aromatic heterocycles. The van der Waals surface area contributed by atoms with E-state index in [1.54, 1.807) is 6.33 Å². The summed E-state index contributed by atoms with van der Waals surface area (Å²) in [7, 11) is 0. The number of hydrogen-bond acceptors (Lipinski definition) is 20. The molecule has 422 valence electrons. The van der Waals surface area contributed by atoms with Crippen LogP contribution in [0.3, 0.4) is 0 Å². The molecule has 0 aliphatic carbocycles. The predicted octanol–water partition coefficient (Wildman–Crippen LogP) is 7.01. The molecular weight excluding hydrogens is 1030 g/mol. The van der Waals surface area contributed by atoms with Gasteiger partial charge >= 0.3 is 0 Å². The van der Waals surface area contributed by atoms with Gasteiger partial charge in [-0.25, -0.2) is 29.9 Å². The highest BCUT2D eigenvalue weighted by atomic mass is 16.3. The van der Waals surface area contributed by atoms with Crippen LogP contribution in [0.15, 0.2) is 134 Å². The van der Waals surface area contributed by atoms with E-state index in [2.05, 4.69) is 136 Å². The zero-order chi connectivity index (χ0) is 56.0. The Morgan fingerprint density at radius 3 is 1.82 bits per heavy atom. The highest BCUT2D eigenvalue weighted by molar-refractivity contribution is 5.61. The fourth-order valence-electron chi connectivity index (χ4n) is 11.7. The van der Waals surface area contributed by atoms with Crippen molar-refractivity contribution in [2.75, 3.05) is 114 Å². The lowest BCUT2D eigenvalue weighted by Gasteiger charge is -2.35. The summed E-state index contributed by atoms with van der Waals surface area (Å²) < 4.78 is 0. The molecule has 1 unspecified atom stereocenters. The monoisotopic (exact) mass is 1100 g/mol. The molecular formula is C62H72N18O2. The van der Waals surface area contributed by atoms with Crippen molar-refractivity contribution in [1.82, 2.24) is 54.7 Å². The molecule has 0 saturated carbocycles. The predicted molar refractivity (Wildman–Crippen MR) is 321 cm³/mol. The topological polar surface area (TPSA) is 213 Å². The van der Waals surface area contributed by atoms with E-state index in [0.29, 0.717) is 107 Å². The summed E-state index contributed by atoms with van der Waals surface area (Å²) in [4.78, 5) is 62.4. The molecule has 4 aliphatic rings. The van der Waals surface area contributed by atoms with E-state index < -0.39 is 11.0 Å². The molecule has 3 fully saturated rings. The second-order valence-corrected chi connectivity index (χ2v) is 22.9. The van der Waals surface area contributed by atoms with Crippen LogP contribution in [0.5, 0.6) is 0 Å². The molecule has 4 N–H and O–H groups in total. The van der Waals surface area contributed by atoms with E-state index in [9.17, 15) is 10.2 Å². The van der Waals surface area contributed by atoms with E-state index in [1.165, 1.54) is 16.7 Å². The molecule has 0 bridgehead atoms. The lowest BCUT2D eigenvalue weighted by Crippen LogP contribution is -2.48. The molecule has 2 atom stereocenters. The minimum atomic E-state index is -0.784. The maximum atomic E-state index is 10.6. The highest BCUT2D eigenvalue weighted by Gasteiger charge is 2.34. The van der Waals surface area contributed by atoms with Crippen molar-refractivity contribution in [3.63, 3.8) is 0 Å². The van der Waals surface area contributed by atoms with Crippen LogP contribution in [0.4, 0.5) is 52.8 Å². The molecule has 0 spiro atoms. The van der Waals surface area contributed by atoms with E-state index in [-0.39, 0.29) is 6.10 Å². The van der Waals surface area contributed by atoms with Crippen LogP contribution in [0, 0.1) is 0 Å². The number of nitrogens with zero attached hydrogens (tertiary/aromatic N) is 16. The van der Waals surface area contributed by atoms with E-state index in [0.717, 1.165) is 85.0 Å². The van der Waals surface area contributed by atoms with Crippen LogP contribution in [-0.4, -0.2) is 155 Å². The second-order valence-electron chi connectivity index (χ2n) is 22.9. The first-order chi connectivity index (χ1) is 39.9. The van der Waals surface area contributed by atoms with Gasteiger partial charge in [0.15, 0.2) is 0 Å². The zero-order valence-corrected chi connectivity index (χ0v) is 47.1. The highest BCUT2D eigenvalue weighted by Crippen LogP contribution is 2.36. The molecule has 82 heavy (non-hydrogen) atoms. The van der Waals surface area contributed by atoms with Crippen molar-refractivity contribution >= 4 is 52.8 Å². The Hall–Kier alpha value is -8.46. The van der Waals surface area contributed by atoms with Gasteiger partial charge in [-0.3, -0.25) is 4.90 Å². The number of hydrogen-bond donors (Lipinski definition) is 4. The van der Waals surface area contributed by atoms with Crippen molar-refractivity contribution in [1.29, 1.82) is 0 Å². The maximum absolute atomic E-state index is 10.6. The van der Waals surface area contributed by atoms with Gasteiger partial charge in [-0.1, -0.05) is 73.7 Å². The molecule has 12 rings (SSSR count). The molecule has 0 radical (unpaired) electrons. The number of piperazine rings is 2. The first kappa shape index (κ1) is 54.1. The molecule has 4 aromatic carbocycles. The van der Waals surface area contributed by atoms with Gasteiger partial charge in [0.1, 0.15) is 12.2 Å². The Morgan fingerprint density at radius 2 is 1.15 bits per heavy atom. The SMILES string of the molecule is CC(C)(O)CN1CCc2ccc(Nc3nc(CC(C)(c4ccccc4)c4cnc(N5CCN(c6ncnc(Nc7ccc(N8CCC[C@@H](O)C8)cc7)n6)CC5)nc4)nc(N4CCN(c5ncc(Cc6ccccc6)cn5)CC4)n3)cc2C1. The standard InChI is InChI=1S/C62H72N18O2/c1-61(2,82)42-75-24-22-46-16-17-51(34-47(46)40-75)70-56-71-54(72-60(74-56)79-31-27-76(28-32-79)57-63-36-45(37-64-57)33-44-11-6-4-7-12-44)35-62(3,48-13-8-5-9-14-48)49-38-65-58(66-39-49)77-25-29-78(30-26-77)59-68-43-67-55(73-59)69-50-18-20-52(21-19-50)80-23-10-15-53(81)41-80/h4-9,11-14,16-21,34,36-39,43,53,81-82H,10,15,22-33,35,40-42H2,1-3H3,(H,67,68,69,73)(H,70,71,72,74)/t53-,62?/m1/s1. The van der Waals surface area contributed by atoms with Gasteiger partial charge in [0.05, 0.1) is 11.7 Å². The Morgan fingerprint density at radius 1 is 0.537 bits per heavy atom. The third-order valence-corrected chi connectivity index (χ3v) is 16.1. The van der Waals surface area contributed by atoms with Crippen LogP contribution < -0.4 is 35.1 Å². The number of β-amino-alcohol motifs (C(OH)–C–C–N with tert-alkyl or cyclic N) is 2. The molecule has 3 saturated heterocycles. The first-order valence-corrected chi connectivity index (χ1v) is 28.7. The van der Waals surface area contributed by atoms with Crippen LogP contribution in [0.25, 0.3) is 0 Å². The normalized spacial score (nSPS) is 17.8. The zero-order valence-electron chi connectivity index (χ0n) is 47.1. The number of aliphatic hydroxyl groups is 2. The lowest BCUT2D eigenvalue weighted by molar-refractivity contribution is 0.0318. The van der Waals surface area contributed by atoms with Gasteiger partial charge < -0.3 is 45.3 Å². The summed E-state index contributed by atoms with van der Waals surface area (Å²) in [5.74, 6) is 4.18. The van der Waals surface area contributed by atoms with Gasteiger partial charge in [0.25, 0.3) is 0 Å². The van der Waals surface area contributed by atoms with Crippen molar-refractivity contribution < 1.29 is 10.2 Å². The van der Waals surface area contributed by atoms with Crippen LogP contribution in [-0.2, 0) is 31.2 Å².